The maximum atomic E-state index is 13.0. The molecule has 1 atom stereocenters. The van der Waals surface area contributed by atoms with Crippen LogP contribution in [0.3, 0.4) is 0 Å². The lowest BCUT2D eigenvalue weighted by Gasteiger charge is -2.18. The van der Waals surface area contributed by atoms with Crippen LogP contribution in [0.15, 0.2) is 72.9 Å². The first-order valence-electron chi connectivity index (χ1n) is 36.4. The topological polar surface area (TPSA) is 78.9 Å². The van der Waals surface area contributed by atoms with Crippen molar-refractivity contribution in [3.63, 3.8) is 0 Å². The molecular formula is C77H138O6. The quantitative estimate of drug-likeness (QED) is 0.0261. The fourth-order valence-electron chi connectivity index (χ4n) is 10.8. The van der Waals surface area contributed by atoms with Gasteiger partial charge in [-0.3, -0.25) is 14.4 Å². The molecule has 0 aliphatic heterocycles. The van der Waals surface area contributed by atoms with Crippen molar-refractivity contribution in [2.24, 2.45) is 0 Å². The average Bonchev–Trinajstić information content (AvgIpc) is 3.49. The summed E-state index contributed by atoms with van der Waals surface area (Å²) in [6.45, 7) is 6.57. The van der Waals surface area contributed by atoms with Gasteiger partial charge in [-0.15, -0.1) is 0 Å². The van der Waals surface area contributed by atoms with Crippen LogP contribution in [0.4, 0.5) is 0 Å². The van der Waals surface area contributed by atoms with E-state index in [1.165, 1.54) is 244 Å². The van der Waals surface area contributed by atoms with Gasteiger partial charge in [-0.2, -0.15) is 0 Å². The van der Waals surface area contributed by atoms with Crippen molar-refractivity contribution in [1.82, 2.24) is 0 Å². The van der Waals surface area contributed by atoms with E-state index in [1.807, 2.05) is 0 Å². The summed E-state index contributed by atoms with van der Waals surface area (Å²) in [6, 6.07) is 0. The predicted molar refractivity (Wildman–Crippen MR) is 362 cm³/mol. The minimum atomic E-state index is -0.779. The van der Waals surface area contributed by atoms with Gasteiger partial charge in [0.2, 0.25) is 0 Å². The molecule has 0 aliphatic rings. The Hall–Kier alpha value is -3.15. The molecule has 0 aromatic carbocycles. The molecule has 6 heteroatoms. The summed E-state index contributed by atoms with van der Waals surface area (Å²) in [5.74, 6) is -0.857. The monoisotopic (exact) mass is 1160 g/mol. The molecule has 0 N–H and O–H groups in total. The number of carbonyl (C=O) groups is 3. The van der Waals surface area contributed by atoms with E-state index in [2.05, 4.69) is 93.7 Å². The summed E-state index contributed by atoms with van der Waals surface area (Å²) in [5, 5.41) is 0. The lowest BCUT2D eigenvalue weighted by Crippen LogP contribution is -2.30. The third-order valence-electron chi connectivity index (χ3n) is 16.2. The van der Waals surface area contributed by atoms with Crippen LogP contribution in [0.5, 0.6) is 0 Å². The van der Waals surface area contributed by atoms with E-state index in [0.717, 1.165) is 96.3 Å². The molecule has 1 unspecified atom stereocenters. The van der Waals surface area contributed by atoms with Gasteiger partial charge >= 0.3 is 17.9 Å². The normalized spacial score (nSPS) is 12.5. The zero-order chi connectivity index (χ0) is 59.9. The standard InChI is InChI=1S/C77H138O6/c1-4-7-10-13-16-19-22-25-28-30-32-34-35-36-37-38-39-40-41-43-44-46-49-52-55-58-61-64-67-70-76(79)82-73-74(72-81-75(78)69-66-63-60-57-54-51-48-27-24-21-18-15-12-9-6-3)83-77(80)71-68-65-62-59-56-53-50-47-45-42-33-31-29-26-23-20-17-14-11-8-5-2/h8,11,17,20,22,25-26,29-30,32-33,42,74H,4-7,9-10,12-16,18-19,21,23-24,27-28,31,34-41,43-73H2,1-3H3/b11-8-,20-17-,25-22-,29-26-,32-30-,42-33-. The number of unbranched alkanes of at least 4 members (excludes halogenated alkanes) is 44. The Kier molecular flexibility index (Phi) is 68.6. The lowest BCUT2D eigenvalue weighted by atomic mass is 10.0. The first-order chi connectivity index (χ1) is 41.0. The molecule has 0 bridgehead atoms. The van der Waals surface area contributed by atoms with Gasteiger partial charge in [0.25, 0.3) is 0 Å². The number of esters is 3. The molecular weight excluding hydrogens is 1020 g/mol. The van der Waals surface area contributed by atoms with E-state index in [-0.39, 0.29) is 31.1 Å². The summed E-state index contributed by atoms with van der Waals surface area (Å²) in [5.41, 5.74) is 0. The molecule has 0 saturated heterocycles. The predicted octanol–water partition coefficient (Wildman–Crippen LogP) is 25.2. The van der Waals surface area contributed by atoms with Gasteiger partial charge in [0.15, 0.2) is 6.10 Å². The Balaban J connectivity index is 4.26. The first-order valence-corrected chi connectivity index (χ1v) is 36.4. The number of ether oxygens (including phenoxy) is 3. The number of allylic oxidation sites excluding steroid dienone is 12. The van der Waals surface area contributed by atoms with Gasteiger partial charge in [0.05, 0.1) is 0 Å². The fourth-order valence-corrected chi connectivity index (χ4v) is 10.8. The second kappa shape index (κ2) is 71.3. The molecule has 83 heavy (non-hydrogen) atoms. The lowest BCUT2D eigenvalue weighted by molar-refractivity contribution is -0.167. The van der Waals surface area contributed by atoms with Crippen molar-refractivity contribution >= 4 is 17.9 Å². The minimum Gasteiger partial charge on any atom is -0.462 e. The second-order valence-electron chi connectivity index (χ2n) is 24.5. The van der Waals surface area contributed by atoms with Gasteiger partial charge in [-0.25, -0.2) is 0 Å². The molecule has 0 heterocycles. The molecule has 0 spiro atoms. The van der Waals surface area contributed by atoms with E-state index in [9.17, 15) is 14.4 Å². The maximum absolute atomic E-state index is 13.0. The van der Waals surface area contributed by atoms with Gasteiger partial charge in [-0.05, 0) is 89.9 Å². The van der Waals surface area contributed by atoms with Crippen molar-refractivity contribution in [3.8, 4) is 0 Å². The van der Waals surface area contributed by atoms with Crippen molar-refractivity contribution in [1.29, 1.82) is 0 Å². The number of hydrogen-bond donors (Lipinski definition) is 0. The molecule has 0 aromatic rings. The summed E-state index contributed by atoms with van der Waals surface area (Å²) in [7, 11) is 0. The molecule has 0 aromatic heterocycles. The Labute approximate surface area is 516 Å². The summed E-state index contributed by atoms with van der Waals surface area (Å²) >= 11 is 0. The van der Waals surface area contributed by atoms with Crippen LogP contribution in [0.2, 0.25) is 0 Å². The molecule has 0 saturated carbocycles. The third-order valence-corrected chi connectivity index (χ3v) is 16.2. The molecule has 0 fully saturated rings. The van der Waals surface area contributed by atoms with Crippen LogP contribution in [0.1, 0.15) is 380 Å². The van der Waals surface area contributed by atoms with Gasteiger partial charge in [0.1, 0.15) is 13.2 Å². The number of rotatable bonds is 67. The van der Waals surface area contributed by atoms with Crippen LogP contribution in [0, 0.1) is 0 Å². The van der Waals surface area contributed by atoms with Crippen molar-refractivity contribution in [2.75, 3.05) is 13.2 Å². The molecule has 6 nitrogen and oxygen atoms in total. The van der Waals surface area contributed by atoms with Crippen LogP contribution >= 0.6 is 0 Å². The second-order valence-corrected chi connectivity index (χ2v) is 24.5. The van der Waals surface area contributed by atoms with Crippen molar-refractivity contribution in [2.45, 2.75) is 386 Å². The van der Waals surface area contributed by atoms with Crippen molar-refractivity contribution in [3.05, 3.63) is 72.9 Å². The largest absolute Gasteiger partial charge is 0.462 e. The molecule has 0 radical (unpaired) electrons. The fraction of sp³-hybridized carbons (Fsp3) is 0.805. The minimum absolute atomic E-state index is 0.0737. The summed E-state index contributed by atoms with van der Waals surface area (Å²) < 4.78 is 17.0. The Bertz CT molecular complexity index is 1520. The highest BCUT2D eigenvalue weighted by molar-refractivity contribution is 5.71. The zero-order valence-electron chi connectivity index (χ0n) is 55.5. The van der Waals surface area contributed by atoms with Crippen LogP contribution in [-0.4, -0.2) is 37.2 Å². The van der Waals surface area contributed by atoms with Crippen LogP contribution in [0.25, 0.3) is 0 Å². The first kappa shape index (κ1) is 79.8. The highest BCUT2D eigenvalue weighted by atomic mass is 16.6. The zero-order valence-corrected chi connectivity index (χ0v) is 55.5. The summed E-state index contributed by atoms with van der Waals surface area (Å²) in [4.78, 5) is 38.5. The highest BCUT2D eigenvalue weighted by Crippen LogP contribution is 2.18. The number of carbonyl (C=O) groups excluding carboxylic acids is 3. The Morgan fingerprint density at radius 2 is 0.470 bits per heavy atom. The van der Waals surface area contributed by atoms with Gasteiger partial charge in [-0.1, -0.05) is 344 Å². The van der Waals surface area contributed by atoms with E-state index in [0.29, 0.717) is 19.3 Å². The molecule has 0 rings (SSSR count). The van der Waals surface area contributed by atoms with E-state index < -0.39 is 6.10 Å². The third kappa shape index (κ3) is 69.5. The van der Waals surface area contributed by atoms with Gasteiger partial charge in [0, 0.05) is 19.3 Å². The van der Waals surface area contributed by atoms with Crippen molar-refractivity contribution < 1.29 is 28.6 Å². The SMILES string of the molecule is CC/C=C\C/C=C\C/C=C\C/C=C\CCCCCCCCCCC(=O)OC(COC(=O)CCCCCCCCCCCCCCCCC)COC(=O)CCCCCCCCCCCCCCCCCCC/C=C\C/C=C\CCCCCCC. The average molecular weight is 1160 g/mol. The Morgan fingerprint density at radius 1 is 0.253 bits per heavy atom. The van der Waals surface area contributed by atoms with Crippen LogP contribution < -0.4 is 0 Å². The number of hydrogen-bond acceptors (Lipinski definition) is 6. The van der Waals surface area contributed by atoms with E-state index in [4.69, 9.17) is 14.2 Å². The smallest absolute Gasteiger partial charge is 0.306 e. The molecule has 0 aliphatic carbocycles. The Morgan fingerprint density at radius 3 is 0.735 bits per heavy atom. The maximum Gasteiger partial charge on any atom is 0.306 e. The summed E-state index contributed by atoms with van der Waals surface area (Å²) in [6.07, 6.45) is 93.6. The van der Waals surface area contributed by atoms with Gasteiger partial charge < -0.3 is 14.2 Å². The molecule has 0 amide bonds. The van der Waals surface area contributed by atoms with E-state index in [1.54, 1.807) is 0 Å². The molecule has 482 valence electrons. The highest BCUT2D eigenvalue weighted by Gasteiger charge is 2.19. The van der Waals surface area contributed by atoms with E-state index >= 15 is 0 Å². The van der Waals surface area contributed by atoms with Crippen LogP contribution in [-0.2, 0) is 28.6 Å².